The van der Waals surface area contributed by atoms with E-state index in [9.17, 15) is 0 Å². The zero-order valence-corrected chi connectivity index (χ0v) is 11.6. The quantitative estimate of drug-likeness (QED) is 0.759. The molecule has 0 bridgehead atoms. The molecule has 0 amide bonds. The van der Waals surface area contributed by atoms with Crippen molar-refractivity contribution in [3.8, 4) is 5.75 Å². The molecule has 1 saturated carbocycles. The van der Waals surface area contributed by atoms with Crippen LogP contribution in [0.4, 0.5) is 0 Å². The second kappa shape index (κ2) is 5.22. The molecular formula is C14H19BrO. The number of aryl methyl sites for hydroxylation is 2. The number of ether oxygens (including phenoxy) is 1. The van der Waals surface area contributed by atoms with Gasteiger partial charge in [0.05, 0.1) is 6.10 Å². The summed E-state index contributed by atoms with van der Waals surface area (Å²) < 4.78 is 7.29. The highest BCUT2D eigenvalue weighted by atomic mass is 79.9. The molecule has 2 heteroatoms. The Morgan fingerprint density at radius 1 is 1.06 bits per heavy atom. The summed E-state index contributed by atoms with van der Waals surface area (Å²) in [6, 6.07) is 4.26. The van der Waals surface area contributed by atoms with Crippen LogP contribution in [-0.4, -0.2) is 6.10 Å². The van der Waals surface area contributed by atoms with Gasteiger partial charge in [0.2, 0.25) is 0 Å². The van der Waals surface area contributed by atoms with E-state index in [1.807, 2.05) is 0 Å². The molecule has 0 saturated heterocycles. The molecule has 16 heavy (non-hydrogen) atoms. The van der Waals surface area contributed by atoms with Gasteiger partial charge in [-0.15, -0.1) is 0 Å². The molecule has 1 aliphatic carbocycles. The molecule has 0 heterocycles. The monoisotopic (exact) mass is 282 g/mol. The standard InChI is InChI=1S/C14H19BrO/c1-10-8-12(15)9-11(2)14(10)16-13-6-4-3-5-7-13/h8-9,13H,3-7H2,1-2H3. The second-order valence-corrected chi connectivity index (χ2v) is 5.66. The van der Waals surface area contributed by atoms with Crippen molar-refractivity contribution in [1.29, 1.82) is 0 Å². The minimum absolute atomic E-state index is 0.437. The lowest BCUT2D eigenvalue weighted by Gasteiger charge is -2.25. The molecule has 2 rings (SSSR count). The van der Waals surface area contributed by atoms with Gasteiger partial charge in [-0.1, -0.05) is 22.4 Å². The van der Waals surface area contributed by atoms with Crippen molar-refractivity contribution in [3.63, 3.8) is 0 Å². The molecular weight excluding hydrogens is 264 g/mol. The van der Waals surface area contributed by atoms with Gasteiger partial charge < -0.3 is 4.74 Å². The lowest BCUT2D eigenvalue weighted by molar-refractivity contribution is 0.153. The van der Waals surface area contributed by atoms with Crippen molar-refractivity contribution in [3.05, 3.63) is 27.7 Å². The maximum atomic E-state index is 6.15. The van der Waals surface area contributed by atoms with Crippen molar-refractivity contribution < 1.29 is 4.74 Å². The average Bonchev–Trinajstić information content (AvgIpc) is 2.25. The van der Waals surface area contributed by atoms with E-state index in [1.54, 1.807) is 0 Å². The number of rotatable bonds is 2. The lowest BCUT2D eigenvalue weighted by Crippen LogP contribution is -2.20. The molecule has 1 aliphatic rings. The zero-order chi connectivity index (χ0) is 11.5. The maximum Gasteiger partial charge on any atom is 0.125 e. The molecule has 0 aliphatic heterocycles. The molecule has 0 spiro atoms. The first-order chi connectivity index (χ1) is 7.66. The largest absolute Gasteiger partial charge is 0.490 e. The summed E-state index contributed by atoms with van der Waals surface area (Å²) in [7, 11) is 0. The van der Waals surface area contributed by atoms with E-state index in [4.69, 9.17) is 4.74 Å². The van der Waals surface area contributed by atoms with Gasteiger partial charge in [0.1, 0.15) is 5.75 Å². The fourth-order valence-corrected chi connectivity index (χ4v) is 3.12. The first-order valence-electron chi connectivity index (χ1n) is 6.10. The highest BCUT2D eigenvalue weighted by molar-refractivity contribution is 9.10. The number of halogens is 1. The minimum atomic E-state index is 0.437. The Morgan fingerprint density at radius 2 is 1.62 bits per heavy atom. The van der Waals surface area contributed by atoms with Gasteiger partial charge in [0.15, 0.2) is 0 Å². The minimum Gasteiger partial charge on any atom is -0.490 e. The van der Waals surface area contributed by atoms with Gasteiger partial charge in [-0.05, 0) is 62.8 Å². The van der Waals surface area contributed by atoms with Crippen LogP contribution < -0.4 is 4.74 Å². The number of benzene rings is 1. The van der Waals surface area contributed by atoms with Crippen LogP contribution in [0.3, 0.4) is 0 Å². The van der Waals surface area contributed by atoms with Crippen molar-refractivity contribution in [2.75, 3.05) is 0 Å². The molecule has 0 N–H and O–H groups in total. The Morgan fingerprint density at radius 3 is 2.19 bits per heavy atom. The Labute approximate surface area is 106 Å². The molecule has 1 fully saturated rings. The van der Waals surface area contributed by atoms with Crippen LogP contribution in [0.2, 0.25) is 0 Å². The molecule has 0 atom stereocenters. The molecule has 0 aromatic heterocycles. The van der Waals surface area contributed by atoms with E-state index >= 15 is 0 Å². The number of hydrogen-bond donors (Lipinski definition) is 0. The third-order valence-electron chi connectivity index (χ3n) is 3.26. The predicted octanol–water partition coefficient (Wildman–Crippen LogP) is 4.78. The summed E-state index contributed by atoms with van der Waals surface area (Å²) in [5.74, 6) is 1.09. The highest BCUT2D eigenvalue weighted by Crippen LogP contribution is 2.31. The van der Waals surface area contributed by atoms with Crippen LogP contribution in [-0.2, 0) is 0 Å². The van der Waals surface area contributed by atoms with Gasteiger partial charge in [0, 0.05) is 4.47 Å². The molecule has 1 aromatic rings. The summed E-state index contributed by atoms with van der Waals surface area (Å²) in [5.41, 5.74) is 2.47. The van der Waals surface area contributed by atoms with Crippen molar-refractivity contribution >= 4 is 15.9 Å². The van der Waals surface area contributed by atoms with E-state index in [0.717, 1.165) is 10.2 Å². The fourth-order valence-electron chi connectivity index (χ4n) is 2.43. The Kier molecular flexibility index (Phi) is 3.91. The third kappa shape index (κ3) is 2.79. The van der Waals surface area contributed by atoms with Gasteiger partial charge in [-0.25, -0.2) is 0 Å². The second-order valence-electron chi connectivity index (χ2n) is 4.75. The van der Waals surface area contributed by atoms with Crippen LogP contribution in [0.5, 0.6) is 5.75 Å². The fraction of sp³-hybridized carbons (Fsp3) is 0.571. The molecule has 88 valence electrons. The van der Waals surface area contributed by atoms with E-state index < -0.39 is 0 Å². The van der Waals surface area contributed by atoms with Crippen molar-refractivity contribution in [2.45, 2.75) is 52.1 Å². The average molecular weight is 283 g/mol. The molecule has 0 unspecified atom stereocenters. The lowest BCUT2D eigenvalue weighted by atomic mass is 9.97. The SMILES string of the molecule is Cc1cc(Br)cc(C)c1OC1CCCCC1. The van der Waals surface area contributed by atoms with Crippen molar-refractivity contribution in [2.24, 2.45) is 0 Å². The van der Waals surface area contributed by atoms with Crippen LogP contribution >= 0.6 is 15.9 Å². The summed E-state index contributed by atoms with van der Waals surface area (Å²) in [6.07, 6.45) is 6.88. The van der Waals surface area contributed by atoms with Gasteiger partial charge in [-0.2, -0.15) is 0 Å². The van der Waals surface area contributed by atoms with Crippen LogP contribution in [0.25, 0.3) is 0 Å². The first-order valence-corrected chi connectivity index (χ1v) is 6.89. The maximum absolute atomic E-state index is 6.15. The van der Waals surface area contributed by atoms with Crippen molar-refractivity contribution in [1.82, 2.24) is 0 Å². The van der Waals surface area contributed by atoms with E-state index in [0.29, 0.717) is 6.10 Å². The topological polar surface area (TPSA) is 9.23 Å². The highest BCUT2D eigenvalue weighted by Gasteiger charge is 2.16. The predicted molar refractivity (Wildman–Crippen MR) is 71.1 cm³/mol. The number of hydrogen-bond acceptors (Lipinski definition) is 1. The van der Waals surface area contributed by atoms with Crippen LogP contribution in [0.15, 0.2) is 16.6 Å². The summed E-state index contributed by atoms with van der Waals surface area (Å²) in [6.45, 7) is 4.24. The smallest absolute Gasteiger partial charge is 0.125 e. The van der Waals surface area contributed by atoms with Gasteiger partial charge >= 0.3 is 0 Å². The first kappa shape index (κ1) is 12.0. The van der Waals surface area contributed by atoms with Crippen LogP contribution in [0, 0.1) is 13.8 Å². The summed E-state index contributed by atoms with van der Waals surface area (Å²) >= 11 is 3.52. The molecule has 1 nitrogen and oxygen atoms in total. The molecule has 1 aromatic carbocycles. The summed E-state index contributed by atoms with van der Waals surface area (Å²) in [4.78, 5) is 0. The van der Waals surface area contributed by atoms with E-state index in [-0.39, 0.29) is 0 Å². The van der Waals surface area contributed by atoms with E-state index in [2.05, 4.69) is 41.9 Å². The Bertz CT molecular complexity index is 344. The van der Waals surface area contributed by atoms with Gasteiger partial charge in [-0.3, -0.25) is 0 Å². The third-order valence-corrected chi connectivity index (χ3v) is 3.72. The van der Waals surface area contributed by atoms with E-state index in [1.165, 1.54) is 43.2 Å². The zero-order valence-electron chi connectivity index (χ0n) is 10.1. The normalized spacial score (nSPS) is 17.4. The molecule has 0 radical (unpaired) electrons. The van der Waals surface area contributed by atoms with Gasteiger partial charge in [0.25, 0.3) is 0 Å². The summed E-state index contributed by atoms with van der Waals surface area (Å²) in [5, 5.41) is 0. The Hall–Kier alpha value is -0.500. The Balaban J connectivity index is 2.14. The van der Waals surface area contributed by atoms with Crippen LogP contribution in [0.1, 0.15) is 43.2 Å².